The first kappa shape index (κ1) is 5.21. The zero-order chi connectivity index (χ0) is 6.32. The predicted molar refractivity (Wildman–Crippen MR) is 32.7 cm³/mol. The summed E-state index contributed by atoms with van der Waals surface area (Å²) in [4.78, 5) is 0. The number of rotatable bonds is 0. The van der Waals surface area contributed by atoms with Crippen LogP contribution >= 0.6 is 0 Å². The SMILES string of the molecule is OC1OC12C=CC=CC2. The molecule has 2 atom stereocenters. The van der Waals surface area contributed by atoms with E-state index in [1.165, 1.54) is 0 Å². The normalized spacial score (nSPS) is 46.1. The molecule has 2 aliphatic rings. The molecule has 1 heterocycles. The van der Waals surface area contributed by atoms with Gasteiger partial charge in [0.25, 0.3) is 0 Å². The predicted octanol–water partition coefficient (Wildman–Crippen LogP) is 0.590. The van der Waals surface area contributed by atoms with Crippen LogP contribution in [0.5, 0.6) is 0 Å². The Bertz CT molecular complexity index is 183. The van der Waals surface area contributed by atoms with E-state index in [9.17, 15) is 0 Å². The van der Waals surface area contributed by atoms with E-state index in [4.69, 9.17) is 9.84 Å². The van der Waals surface area contributed by atoms with E-state index in [0.29, 0.717) is 0 Å². The van der Waals surface area contributed by atoms with E-state index in [0.717, 1.165) is 6.42 Å². The molecule has 0 aromatic heterocycles. The number of epoxide rings is 1. The highest BCUT2D eigenvalue weighted by Crippen LogP contribution is 2.40. The van der Waals surface area contributed by atoms with E-state index >= 15 is 0 Å². The van der Waals surface area contributed by atoms with Gasteiger partial charge in [0.15, 0.2) is 6.29 Å². The lowest BCUT2D eigenvalue weighted by Crippen LogP contribution is -2.11. The van der Waals surface area contributed by atoms with Crippen LogP contribution in [0.2, 0.25) is 0 Å². The molecule has 48 valence electrons. The standard InChI is InChI=1S/C7H8O2/c8-6-7(9-6)4-2-1-3-5-7/h1-4,6,8H,5H2. The van der Waals surface area contributed by atoms with Gasteiger partial charge >= 0.3 is 0 Å². The zero-order valence-corrected chi connectivity index (χ0v) is 4.95. The molecular weight excluding hydrogens is 116 g/mol. The molecule has 2 heteroatoms. The molecule has 0 radical (unpaired) electrons. The van der Waals surface area contributed by atoms with E-state index in [-0.39, 0.29) is 5.60 Å². The summed E-state index contributed by atoms with van der Waals surface area (Å²) >= 11 is 0. The number of hydrogen-bond acceptors (Lipinski definition) is 2. The van der Waals surface area contributed by atoms with Gasteiger partial charge in [0.2, 0.25) is 0 Å². The van der Waals surface area contributed by atoms with Crippen molar-refractivity contribution < 1.29 is 9.84 Å². The summed E-state index contributed by atoms with van der Waals surface area (Å²) in [5.74, 6) is 0. The highest BCUT2D eigenvalue weighted by Gasteiger charge is 2.53. The van der Waals surface area contributed by atoms with Gasteiger partial charge in [-0.15, -0.1) is 0 Å². The van der Waals surface area contributed by atoms with E-state index < -0.39 is 6.29 Å². The first-order valence-corrected chi connectivity index (χ1v) is 3.04. The smallest absolute Gasteiger partial charge is 0.189 e. The van der Waals surface area contributed by atoms with Gasteiger partial charge in [-0.2, -0.15) is 0 Å². The molecular formula is C7H8O2. The maximum atomic E-state index is 8.93. The van der Waals surface area contributed by atoms with Crippen LogP contribution in [0.15, 0.2) is 24.3 Å². The Morgan fingerprint density at radius 1 is 1.56 bits per heavy atom. The number of hydrogen-bond donors (Lipinski definition) is 1. The Morgan fingerprint density at radius 3 is 2.67 bits per heavy atom. The molecule has 0 aromatic rings. The molecule has 0 bridgehead atoms. The highest BCUT2D eigenvalue weighted by molar-refractivity contribution is 5.24. The maximum Gasteiger partial charge on any atom is 0.189 e. The fourth-order valence-electron chi connectivity index (χ4n) is 1.06. The first-order valence-electron chi connectivity index (χ1n) is 3.04. The van der Waals surface area contributed by atoms with E-state index in [1.54, 1.807) is 0 Å². The minimum atomic E-state index is -0.557. The average molecular weight is 124 g/mol. The van der Waals surface area contributed by atoms with Crippen LogP contribution in [0, 0.1) is 0 Å². The summed E-state index contributed by atoms with van der Waals surface area (Å²) in [6.07, 6.45) is 8.01. The van der Waals surface area contributed by atoms with Gasteiger partial charge < -0.3 is 9.84 Å². The van der Waals surface area contributed by atoms with Crippen molar-refractivity contribution in [1.82, 2.24) is 0 Å². The molecule has 2 nitrogen and oxygen atoms in total. The molecule has 2 unspecified atom stereocenters. The fourth-order valence-corrected chi connectivity index (χ4v) is 1.06. The van der Waals surface area contributed by atoms with Crippen LogP contribution in [0.1, 0.15) is 6.42 Å². The summed E-state index contributed by atoms with van der Waals surface area (Å²) < 4.78 is 4.96. The average Bonchev–Trinajstić information content (AvgIpc) is 2.44. The second-order valence-electron chi connectivity index (χ2n) is 2.42. The van der Waals surface area contributed by atoms with Crippen LogP contribution in [0.3, 0.4) is 0 Å². The number of allylic oxidation sites excluding steroid dienone is 2. The molecule has 1 N–H and O–H groups in total. The minimum Gasteiger partial charge on any atom is -0.365 e. The Balaban J connectivity index is 2.18. The van der Waals surface area contributed by atoms with Crippen molar-refractivity contribution in [2.24, 2.45) is 0 Å². The molecule has 1 fully saturated rings. The summed E-state index contributed by atoms with van der Waals surface area (Å²) in [5, 5.41) is 8.93. The Kier molecular flexibility index (Phi) is 0.845. The molecule has 1 aliphatic heterocycles. The van der Waals surface area contributed by atoms with Crippen molar-refractivity contribution in [2.45, 2.75) is 18.3 Å². The van der Waals surface area contributed by atoms with Gasteiger partial charge in [0.1, 0.15) is 5.60 Å². The van der Waals surface area contributed by atoms with Crippen molar-refractivity contribution in [1.29, 1.82) is 0 Å². The number of aliphatic hydroxyl groups is 1. The third-order valence-electron chi connectivity index (χ3n) is 1.75. The molecule has 9 heavy (non-hydrogen) atoms. The van der Waals surface area contributed by atoms with Gasteiger partial charge in [-0.25, -0.2) is 0 Å². The van der Waals surface area contributed by atoms with Crippen molar-refractivity contribution in [3.63, 3.8) is 0 Å². The third-order valence-corrected chi connectivity index (χ3v) is 1.75. The lowest BCUT2D eigenvalue weighted by atomic mass is 10.0. The minimum absolute atomic E-state index is 0.325. The van der Waals surface area contributed by atoms with Gasteiger partial charge in [-0.3, -0.25) is 0 Å². The molecule has 1 aliphatic carbocycles. The van der Waals surface area contributed by atoms with Crippen LogP contribution in [0.25, 0.3) is 0 Å². The van der Waals surface area contributed by atoms with Crippen molar-refractivity contribution in [2.75, 3.05) is 0 Å². The monoisotopic (exact) mass is 124 g/mol. The lowest BCUT2D eigenvalue weighted by molar-refractivity contribution is 0.155. The topological polar surface area (TPSA) is 32.8 Å². The van der Waals surface area contributed by atoms with Gasteiger partial charge in [0, 0.05) is 6.42 Å². The Hall–Kier alpha value is -0.600. The van der Waals surface area contributed by atoms with Crippen molar-refractivity contribution in [3.8, 4) is 0 Å². The van der Waals surface area contributed by atoms with Crippen LogP contribution in [0.4, 0.5) is 0 Å². The quantitative estimate of drug-likeness (QED) is 0.479. The van der Waals surface area contributed by atoms with Crippen LogP contribution < -0.4 is 0 Å². The summed E-state index contributed by atoms with van der Waals surface area (Å²) in [6, 6.07) is 0. The van der Waals surface area contributed by atoms with Gasteiger partial charge in [-0.1, -0.05) is 18.2 Å². The highest BCUT2D eigenvalue weighted by atomic mass is 16.7. The number of aliphatic hydroxyl groups excluding tert-OH is 1. The molecule has 2 rings (SSSR count). The maximum absolute atomic E-state index is 8.93. The van der Waals surface area contributed by atoms with Crippen LogP contribution in [-0.4, -0.2) is 17.0 Å². The zero-order valence-electron chi connectivity index (χ0n) is 4.95. The van der Waals surface area contributed by atoms with E-state index in [1.807, 2.05) is 24.3 Å². The second kappa shape index (κ2) is 1.46. The molecule has 0 amide bonds. The van der Waals surface area contributed by atoms with Gasteiger partial charge in [0.05, 0.1) is 0 Å². The van der Waals surface area contributed by atoms with Crippen molar-refractivity contribution >= 4 is 0 Å². The molecule has 0 aromatic carbocycles. The molecule has 0 saturated carbocycles. The summed E-state index contributed by atoms with van der Waals surface area (Å²) in [7, 11) is 0. The molecule has 1 spiro atoms. The Labute approximate surface area is 53.4 Å². The summed E-state index contributed by atoms with van der Waals surface area (Å²) in [5.41, 5.74) is -0.325. The van der Waals surface area contributed by atoms with Crippen LogP contribution in [-0.2, 0) is 4.74 Å². The molecule has 1 saturated heterocycles. The number of ether oxygens (including phenoxy) is 1. The first-order chi connectivity index (χ1) is 4.33. The van der Waals surface area contributed by atoms with Gasteiger partial charge in [-0.05, 0) is 6.08 Å². The fraction of sp³-hybridized carbons (Fsp3) is 0.429. The Morgan fingerprint density at radius 2 is 2.33 bits per heavy atom. The summed E-state index contributed by atoms with van der Waals surface area (Å²) in [6.45, 7) is 0. The largest absolute Gasteiger partial charge is 0.365 e. The lowest BCUT2D eigenvalue weighted by Gasteiger charge is -2.03. The third kappa shape index (κ3) is 0.637. The second-order valence-corrected chi connectivity index (χ2v) is 2.42. The van der Waals surface area contributed by atoms with Crippen molar-refractivity contribution in [3.05, 3.63) is 24.3 Å². The van der Waals surface area contributed by atoms with E-state index in [2.05, 4.69) is 0 Å².